The molecule has 0 aliphatic heterocycles. The second-order valence-electron chi connectivity index (χ2n) is 6.55. The molecule has 0 unspecified atom stereocenters. The normalized spacial score (nSPS) is 11.6. The molecule has 8 heteroatoms. The summed E-state index contributed by atoms with van der Waals surface area (Å²) < 4.78 is 38.0. The zero-order valence-electron chi connectivity index (χ0n) is 15.4. The van der Waals surface area contributed by atoms with Crippen LogP contribution in [-0.4, -0.2) is 18.0 Å². The Morgan fingerprint density at radius 2 is 1.79 bits per heavy atom. The van der Waals surface area contributed by atoms with E-state index >= 15 is 0 Å². The maximum absolute atomic E-state index is 12.7. The van der Waals surface area contributed by atoms with Crippen LogP contribution in [0.2, 0.25) is 0 Å². The molecule has 2 amide bonds. The SMILES string of the molecule is CC(C)CC(=O)Nc1ccc(C(=O)N/N=C/c2cccc(C(F)(F)F)c2)cc1. The number of carbonyl (C=O) groups is 2. The highest BCUT2D eigenvalue weighted by atomic mass is 19.4. The average Bonchev–Trinajstić information content (AvgIpc) is 2.61. The minimum atomic E-state index is -4.45. The molecule has 0 aromatic heterocycles. The molecule has 28 heavy (non-hydrogen) atoms. The van der Waals surface area contributed by atoms with Gasteiger partial charge in [-0.15, -0.1) is 0 Å². The fourth-order valence-electron chi connectivity index (χ4n) is 2.31. The Bertz CT molecular complexity index is 860. The number of rotatable bonds is 6. The summed E-state index contributed by atoms with van der Waals surface area (Å²) in [6.07, 6.45) is -2.92. The molecule has 0 aliphatic carbocycles. The number of carbonyl (C=O) groups excluding carboxylic acids is 2. The van der Waals surface area contributed by atoms with E-state index in [1.807, 2.05) is 13.8 Å². The third kappa shape index (κ3) is 6.53. The zero-order valence-corrected chi connectivity index (χ0v) is 15.4. The Morgan fingerprint density at radius 1 is 1.11 bits per heavy atom. The molecule has 0 fully saturated rings. The molecule has 0 spiro atoms. The topological polar surface area (TPSA) is 70.6 Å². The largest absolute Gasteiger partial charge is 0.416 e. The monoisotopic (exact) mass is 391 g/mol. The number of nitrogens with one attached hydrogen (secondary N) is 2. The Hall–Kier alpha value is -3.16. The third-order valence-electron chi connectivity index (χ3n) is 3.62. The fourth-order valence-corrected chi connectivity index (χ4v) is 2.31. The molecule has 2 N–H and O–H groups in total. The molecule has 148 valence electrons. The van der Waals surface area contributed by atoms with Gasteiger partial charge in [-0.3, -0.25) is 9.59 Å². The lowest BCUT2D eigenvalue weighted by atomic mass is 10.1. The highest BCUT2D eigenvalue weighted by Gasteiger charge is 2.30. The Balaban J connectivity index is 1.94. The summed E-state index contributed by atoms with van der Waals surface area (Å²) in [5.74, 6) is -0.402. The Labute approximate surface area is 160 Å². The predicted octanol–water partition coefficient (Wildman–Crippen LogP) is 4.45. The fraction of sp³-hybridized carbons (Fsp3) is 0.250. The number of benzene rings is 2. The van der Waals surface area contributed by atoms with Gasteiger partial charge in [-0.25, -0.2) is 5.43 Å². The van der Waals surface area contributed by atoms with Gasteiger partial charge in [-0.2, -0.15) is 18.3 Å². The van der Waals surface area contributed by atoms with Crippen LogP contribution in [0, 0.1) is 5.92 Å². The molecular weight excluding hydrogens is 371 g/mol. The van der Waals surface area contributed by atoms with Crippen LogP contribution >= 0.6 is 0 Å². The van der Waals surface area contributed by atoms with E-state index < -0.39 is 17.6 Å². The van der Waals surface area contributed by atoms with Gasteiger partial charge in [0.05, 0.1) is 11.8 Å². The van der Waals surface area contributed by atoms with Crippen LogP contribution in [0.25, 0.3) is 0 Å². The number of hydrogen-bond acceptors (Lipinski definition) is 3. The number of anilines is 1. The molecule has 0 radical (unpaired) electrons. The lowest BCUT2D eigenvalue weighted by molar-refractivity contribution is -0.137. The molecule has 0 heterocycles. The van der Waals surface area contributed by atoms with Crippen molar-refractivity contribution in [2.24, 2.45) is 11.0 Å². The summed E-state index contributed by atoms with van der Waals surface area (Å²) in [6.45, 7) is 3.87. The lowest BCUT2D eigenvalue weighted by Crippen LogP contribution is -2.18. The number of hydrazone groups is 1. The number of halogens is 3. The van der Waals surface area contributed by atoms with Gasteiger partial charge in [0.15, 0.2) is 0 Å². The summed E-state index contributed by atoms with van der Waals surface area (Å²) in [7, 11) is 0. The van der Waals surface area contributed by atoms with E-state index in [-0.39, 0.29) is 17.4 Å². The Kier molecular flexibility index (Phi) is 6.92. The molecule has 2 aromatic carbocycles. The van der Waals surface area contributed by atoms with Gasteiger partial charge < -0.3 is 5.32 Å². The van der Waals surface area contributed by atoms with Crippen molar-refractivity contribution >= 4 is 23.7 Å². The maximum Gasteiger partial charge on any atom is 0.416 e. The van der Waals surface area contributed by atoms with Gasteiger partial charge in [0.1, 0.15) is 0 Å². The third-order valence-corrected chi connectivity index (χ3v) is 3.62. The summed E-state index contributed by atoms with van der Waals surface area (Å²) in [5, 5.41) is 6.41. The van der Waals surface area contributed by atoms with E-state index in [0.717, 1.165) is 18.3 Å². The first-order chi connectivity index (χ1) is 13.1. The van der Waals surface area contributed by atoms with Gasteiger partial charge in [0.2, 0.25) is 5.91 Å². The van der Waals surface area contributed by atoms with Crippen molar-refractivity contribution in [3.8, 4) is 0 Å². The van der Waals surface area contributed by atoms with E-state index in [9.17, 15) is 22.8 Å². The zero-order chi connectivity index (χ0) is 20.7. The van der Waals surface area contributed by atoms with Gasteiger partial charge in [0, 0.05) is 17.7 Å². The minimum Gasteiger partial charge on any atom is -0.326 e. The van der Waals surface area contributed by atoms with Crippen molar-refractivity contribution in [2.45, 2.75) is 26.4 Å². The van der Waals surface area contributed by atoms with Crippen molar-refractivity contribution in [3.63, 3.8) is 0 Å². The van der Waals surface area contributed by atoms with Gasteiger partial charge in [0.25, 0.3) is 5.91 Å². The van der Waals surface area contributed by atoms with Crippen LogP contribution in [0.15, 0.2) is 53.6 Å². The smallest absolute Gasteiger partial charge is 0.326 e. The second kappa shape index (κ2) is 9.16. The number of hydrogen-bond donors (Lipinski definition) is 2. The molecule has 0 aliphatic rings. The number of amides is 2. The van der Waals surface area contributed by atoms with Gasteiger partial charge in [-0.1, -0.05) is 26.0 Å². The van der Waals surface area contributed by atoms with Crippen molar-refractivity contribution in [1.82, 2.24) is 5.43 Å². The lowest BCUT2D eigenvalue weighted by Gasteiger charge is -2.08. The van der Waals surface area contributed by atoms with Crippen molar-refractivity contribution in [2.75, 3.05) is 5.32 Å². The van der Waals surface area contributed by atoms with E-state index in [1.165, 1.54) is 24.3 Å². The summed E-state index contributed by atoms with van der Waals surface area (Å²) in [4.78, 5) is 23.8. The standard InChI is InChI=1S/C20H20F3N3O2/c1-13(2)10-18(27)25-17-8-6-15(7-9-17)19(28)26-24-12-14-4-3-5-16(11-14)20(21,22)23/h3-9,11-13H,10H2,1-2H3,(H,25,27)(H,26,28)/b24-12+. The molecular formula is C20H20F3N3O2. The van der Waals surface area contributed by atoms with E-state index in [1.54, 1.807) is 12.1 Å². The van der Waals surface area contributed by atoms with Crippen LogP contribution in [0.3, 0.4) is 0 Å². The van der Waals surface area contributed by atoms with Crippen molar-refractivity contribution < 1.29 is 22.8 Å². The second-order valence-corrected chi connectivity index (χ2v) is 6.55. The van der Waals surface area contributed by atoms with Crippen LogP contribution in [0.4, 0.5) is 18.9 Å². The molecule has 2 aromatic rings. The van der Waals surface area contributed by atoms with Crippen LogP contribution in [0.5, 0.6) is 0 Å². The van der Waals surface area contributed by atoms with Crippen molar-refractivity contribution in [3.05, 3.63) is 65.2 Å². The van der Waals surface area contributed by atoms with Crippen molar-refractivity contribution in [1.29, 1.82) is 0 Å². The first kappa shape index (κ1) is 21.1. The molecule has 0 saturated heterocycles. The number of alkyl halides is 3. The van der Waals surface area contributed by atoms with E-state index in [4.69, 9.17) is 0 Å². The number of nitrogens with zero attached hydrogens (tertiary/aromatic N) is 1. The molecule has 0 atom stereocenters. The molecule has 0 saturated carbocycles. The highest BCUT2D eigenvalue weighted by molar-refractivity contribution is 5.96. The summed E-state index contributed by atoms with van der Waals surface area (Å²) in [5.41, 5.74) is 2.53. The van der Waals surface area contributed by atoms with Gasteiger partial charge >= 0.3 is 6.18 Å². The Morgan fingerprint density at radius 3 is 2.39 bits per heavy atom. The van der Waals surface area contributed by atoms with Crippen LogP contribution in [-0.2, 0) is 11.0 Å². The summed E-state index contributed by atoms with van der Waals surface area (Å²) >= 11 is 0. The molecule has 5 nitrogen and oxygen atoms in total. The quantitative estimate of drug-likeness (QED) is 0.564. The highest BCUT2D eigenvalue weighted by Crippen LogP contribution is 2.29. The first-order valence-corrected chi connectivity index (χ1v) is 8.55. The maximum atomic E-state index is 12.7. The van der Waals surface area contributed by atoms with Crippen LogP contribution in [0.1, 0.15) is 41.8 Å². The molecule has 2 rings (SSSR count). The average molecular weight is 391 g/mol. The van der Waals surface area contributed by atoms with Gasteiger partial charge in [-0.05, 0) is 47.9 Å². The predicted molar refractivity (Wildman–Crippen MR) is 101 cm³/mol. The van der Waals surface area contributed by atoms with Crippen LogP contribution < -0.4 is 10.7 Å². The molecule has 0 bridgehead atoms. The first-order valence-electron chi connectivity index (χ1n) is 8.55. The van der Waals surface area contributed by atoms with E-state index in [2.05, 4.69) is 15.8 Å². The minimum absolute atomic E-state index is 0.113. The van der Waals surface area contributed by atoms with E-state index in [0.29, 0.717) is 17.7 Å². The summed E-state index contributed by atoms with van der Waals surface area (Å²) in [6, 6.07) is 10.8.